The topological polar surface area (TPSA) is 233 Å². The molecule has 0 aliphatic carbocycles. The molecule has 0 saturated carbocycles. The van der Waals surface area contributed by atoms with E-state index in [1.165, 1.54) is 5.38 Å². The van der Waals surface area contributed by atoms with Crippen LogP contribution in [0.5, 0.6) is 0 Å². The van der Waals surface area contributed by atoms with Gasteiger partial charge in [0.1, 0.15) is 17.1 Å². The molecule has 0 spiro atoms. The fourth-order valence-corrected chi connectivity index (χ4v) is 5.72. The van der Waals surface area contributed by atoms with Crippen molar-refractivity contribution in [2.45, 2.75) is 11.4 Å². The maximum atomic E-state index is 12.8. The minimum absolute atomic E-state index is 0. The molecule has 35 heavy (non-hydrogen) atoms. The van der Waals surface area contributed by atoms with Gasteiger partial charge in [-0.15, -0.1) is 34.9 Å². The van der Waals surface area contributed by atoms with Gasteiger partial charge in [-0.05, 0) is 0 Å². The van der Waals surface area contributed by atoms with Gasteiger partial charge in [-0.3, -0.25) is 19.3 Å². The Morgan fingerprint density at radius 3 is 2.54 bits per heavy atom. The monoisotopic (exact) mass is 560 g/mol. The van der Waals surface area contributed by atoms with E-state index < -0.39 is 53.4 Å². The van der Waals surface area contributed by atoms with E-state index in [1.807, 2.05) is 0 Å². The molecule has 14 nitrogen and oxygen atoms in total. The molecule has 3 heterocycles. The number of thioether (sulfide) groups is 2. The Balaban J connectivity index is 0.00000306. The molecule has 1 aromatic heterocycles. The zero-order valence-corrected chi connectivity index (χ0v) is 24.8. The van der Waals surface area contributed by atoms with Crippen LogP contribution < -0.4 is 86.1 Å². The fourth-order valence-electron chi connectivity index (χ4n) is 2.81. The number of carboxylic acids is 2. The molecule has 0 unspecified atom stereocenters. The van der Waals surface area contributed by atoms with E-state index in [0.717, 1.165) is 39.8 Å². The number of amides is 3. The third-order valence-corrected chi connectivity index (χ3v) is 7.37. The summed E-state index contributed by atoms with van der Waals surface area (Å²) in [6, 6.07) is -1.12. The van der Waals surface area contributed by atoms with E-state index in [1.54, 1.807) is 0 Å². The van der Waals surface area contributed by atoms with Crippen molar-refractivity contribution in [2.75, 3.05) is 23.8 Å². The number of anilines is 1. The third kappa shape index (κ3) is 7.59. The first-order valence-corrected chi connectivity index (χ1v) is 11.7. The van der Waals surface area contributed by atoms with E-state index >= 15 is 0 Å². The van der Waals surface area contributed by atoms with Gasteiger partial charge < -0.3 is 41.4 Å². The summed E-state index contributed by atoms with van der Waals surface area (Å²) in [7, 11) is 0. The number of aliphatic carboxylic acids is 2. The smallest absolute Gasteiger partial charge is 0.546 e. The molecule has 2 aliphatic heterocycles. The number of carbonyl (C=O) groups is 5. The van der Waals surface area contributed by atoms with Crippen LogP contribution in [0.25, 0.3) is 0 Å². The van der Waals surface area contributed by atoms with Crippen molar-refractivity contribution < 1.29 is 98.1 Å². The van der Waals surface area contributed by atoms with Crippen molar-refractivity contribution >= 4 is 75.4 Å². The number of nitrogens with zero attached hydrogens (tertiary/aromatic N) is 3. The summed E-state index contributed by atoms with van der Waals surface area (Å²) in [4.78, 5) is 68.3. The maximum absolute atomic E-state index is 12.8. The molecule has 1 fully saturated rings. The molecular weight excluding hydrogens is 546 g/mol. The van der Waals surface area contributed by atoms with Crippen LogP contribution in [0.3, 0.4) is 0 Å². The van der Waals surface area contributed by atoms with Crippen LogP contribution in [0, 0.1) is 0 Å². The molecule has 0 radical (unpaired) electrons. The second kappa shape index (κ2) is 13.8. The number of oxime groups is 1. The number of carboxylic acid groups (broad SMARTS) is 2. The standard InChI is InChI=1S/C16H16N6O8S3.2Na/c17-7(23)4-31-6-3-32-14-10(13(27)22(14)11(6)15(28)29)20-12(26)9(21-30-1-8(24)25)5-2-33-16(18)19-5;;/h2,10,14H,1,3-4H2,(H2,17,23)(H2,18,19)(H,20,26)(H,24,25)(H,28,29);;/q;2*+1/p-2/b21-9-;;/t10-,14+;;/m1../s1. The summed E-state index contributed by atoms with van der Waals surface area (Å²) < 4.78 is 0. The van der Waals surface area contributed by atoms with E-state index in [0.29, 0.717) is 0 Å². The van der Waals surface area contributed by atoms with Crippen molar-refractivity contribution in [2.24, 2.45) is 10.9 Å². The third-order valence-electron chi connectivity index (χ3n) is 4.12. The number of β-lactam (4-membered cyclic amide) rings is 1. The molecular formula is C16H14N6Na2O8S3. The number of nitrogens with two attached hydrogens (primary N) is 2. The van der Waals surface area contributed by atoms with Gasteiger partial charge >= 0.3 is 59.1 Å². The van der Waals surface area contributed by atoms with Crippen molar-refractivity contribution in [3.63, 3.8) is 0 Å². The normalized spacial score (nSPS) is 18.9. The zero-order chi connectivity index (χ0) is 24.3. The molecule has 0 bridgehead atoms. The predicted molar refractivity (Wildman–Crippen MR) is 113 cm³/mol. The first-order valence-electron chi connectivity index (χ1n) is 8.82. The summed E-state index contributed by atoms with van der Waals surface area (Å²) in [5.74, 6) is -5.54. The quantitative estimate of drug-likeness (QED) is 0.105. The second-order valence-electron chi connectivity index (χ2n) is 6.33. The van der Waals surface area contributed by atoms with Crippen LogP contribution in [0.2, 0.25) is 0 Å². The molecule has 1 saturated heterocycles. The number of fused-ring (bicyclic) bond motifs is 1. The summed E-state index contributed by atoms with van der Waals surface area (Å²) in [6.45, 7) is -0.934. The van der Waals surface area contributed by atoms with Gasteiger partial charge in [-0.25, -0.2) is 4.98 Å². The van der Waals surface area contributed by atoms with Crippen LogP contribution >= 0.6 is 34.9 Å². The van der Waals surface area contributed by atoms with Crippen LogP contribution in [0.4, 0.5) is 5.13 Å². The van der Waals surface area contributed by atoms with Crippen LogP contribution in [-0.4, -0.2) is 74.8 Å². The predicted octanol–water partition coefficient (Wildman–Crippen LogP) is -10.2. The Bertz CT molecular complexity index is 1100. The average molecular weight is 561 g/mol. The summed E-state index contributed by atoms with van der Waals surface area (Å²) >= 11 is 3.03. The van der Waals surface area contributed by atoms with Crippen LogP contribution in [-0.2, 0) is 28.8 Å². The van der Waals surface area contributed by atoms with Gasteiger partial charge in [-0.1, -0.05) is 5.16 Å². The number of primary amides is 1. The number of nitrogens with one attached hydrogen (secondary N) is 1. The van der Waals surface area contributed by atoms with Gasteiger partial charge in [0.25, 0.3) is 11.8 Å². The van der Waals surface area contributed by atoms with Crippen molar-refractivity contribution in [1.29, 1.82) is 0 Å². The summed E-state index contributed by atoms with van der Waals surface area (Å²) in [5, 5.41) is 28.8. The number of carbonyl (C=O) groups excluding carboxylic acids is 5. The largest absolute Gasteiger partial charge is 1.00 e. The number of rotatable bonds is 10. The Morgan fingerprint density at radius 1 is 1.31 bits per heavy atom. The molecule has 2 aliphatic rings. The van der Waals surface area contributed by atoms with Gasteiger partial charge in [0.05, 0.1) is 23.4 Å². The first-order chi connectivity index (χ1) is 15.6. The minimum atomic E-state index is -1.61. The van der Waals surface area contributed by atoms with E-state index in [9.17, 15) is 34.2 Å². The van der Waals surface area contributed by atoms with E-state index in [-0.39, 0.29) is 92.0 Å². The molecule has 2 atom stereocenters. The number of nitrogen functional groups attached to an aromatic ring is 1. The zero-order valence-electron chi connectivity index (χ0n) is 18.3. The average Bonchev–Trinajstić information content (AvgIpc) is 3.17. The van der Waals surface area contributed by atoms with Gasteiger partial charge in [0.15, 0.2) is 17.5 Å². The Kier molecular flexibility index (Phi) is 12.5. The number of hydrogen-bond donors (Lipinski definition) is 3. The second-order valence-corrected chi connectivity index (χ2v) is 9.40. The Morgan fingerprint density at radius 2 is 2.00 bits per heavy atom. The van der Waals surface area contributed by atoms with Crippen LogP contribution in [0.15, 0.2) is 21.1 Å². The van der Waals surface area contributed by atoms with Gasteiger partial charge in [0.2, 0.25) is 5.91 Å². The maximum Gasteiger partial charge on any atom is 1.00 e. The van der Waals surface area contributed by atoms with Crippen molar-refractivity contribution in [1.82, 2.24) is 15.2 Å². The molecule has 3 amide bonds. The molecule has 19 heteroatoms. The minimum Gasteiger partial charge on any atom is -0.546 e. The van der Waals surface area contributed by atoms with Gasteiger partial charge in [0, 0.05) is 16.0 Å². The molecule has 3 rings (SSSR count). The van der Waals surface area contributed by atoms with Gasteiger partial charge in [-0.2, -0.15) is 0 Å². The number of aromatic nitrogens is 1. The summed E-state index contributed by atoms with van der Waals surface area (Å²) in [5.41, 5.74) is 9.80. The number of hydrogen-bond acceptors (Lipinski definition) is 14. The molecule has 176 valence electrons. The molecule has 1 aromatic rings. The SMILES string of the molecule is NC(=O)CSC1=C(C(=O)[O-])N2C(=O)[C@@H](NC(=O)/C(=N\OCC(=O)[O-])c3csc(N)n3)[C@@H]2SC1.[Na+].[Na+]. The first kappa shape index (κ1) is 31.7. The number of thiazole rings is 1. The van der Waals surface area contributed by atoms with E-state index in [4.69, 9.17) is 11.5 Å². The Labute approximate surface area is 254 Å². The van der Waals surface area contributed by atoms with Crippen LogP contribution in [0.1, 0.15) is 5.69 Å². The summed E-state index contributed by atoms with van der Waals surface area (Å²) in [6.07, 6.45) is 0. The van der Waals surface area contributed by atoms with Crippen molar-refractivity contribution in [3.8, 4) is 0 Å². The Hall–Kier alpha value is -1.31. The molecule has 0 aromatic carbocycles. The molecule has 5 N–H and O–H groups in total. The fraction of sp³-hybridized carbons (Fsp3) is 0.312. The van der Waals surface area contributed by atoms with Crippen molar-refractivity contribution in [3.05, 3.63) is 21.7 Å². The van der Waals surface area contributed by atoms with E-state index in [2.05, 4.69) is 20.3 Å².